The van der Waals surface area contributed by atoms with Gasteiger partial charge in [-0.3, -0.25) is 0 Å². The van der Waals surface area contributed by atoms with Crippen LogP contribution in [0.2, 0.25) is 0 Å². The molecule has 0 amide bonds. The largest absolute Gasteiger partial charge is 0.134 e. The smallest absolute Gasteiger partial charge is 0.0542 e. The maximum absolute atomic E-state index is 2.46. The molecule has 2 heterocycles. The number of hydrogen-bond donors (Lipinski definition) is 0. The summed E-state index contributed by atoms with van der Waals surface area (Å²) in [4.78, 5) is 0. The predicted molar refractivity (Wildman–Crippen MR) is 165 cm³/mol. The summed E-state index contributed by atoms with van der Waals surface area (Å²) in [5.41, 5.74) is 1.50. The van der Waals surface area contributed by atoms with E-state index in [4.69, 9.17) is 0 Å². The molecule has 184 valence electrons. The fourth-order valence-corrected chi connectivity index (χ4v) is 8.40. The Balaban J connectivity index is 1.17. The molecule has 4 aromatic carbocycles. The molecule has 6 rings (SSSR count). The first-order chi connectivity index (χ1) is 17.8. The first-order valence-corrected chi connectivity index (χ1v) is 15.6. The number of hydrogen-bond acceptors (Lipinski definition) is 2. The third-order valence-electron chi connectivity index (χ3n) is 7.79. The number of rotatable bonds is 11. The molecule has 0 fully saturated rings. The van der Waals surface area contributed by atoms with Crippen LogP contribution in [0.25, 0.3) is 51.1 Å². The molecular weight excluding hydrogens is 473 g/mol. The van der Waals surface area contributed by atoms with Gasteiger partial charge in [0.2, 0.25) is 0 Å². The van der Waals surface area contributed by atoms with Crippen molar-refractivity contribution < 1.29 is 0 Å². The van der Waals surface area contributed by atoms with Crippen molar-refractivity contribution in [2.45, 2.75) is 77.6 Å². The number of benzene rings is 4. The molecule has 0 atom stereocenters. The van der Waals surface area contributed by atoms with Crippen LogP contribution < -0.4 is 0 Å². The van der Waals surface area contributed by atoms with Crippen LogP contribution in [0, 0.1) is 0 Å². The zero-order valence-corrected chi connectivity index (χ0v) is 23.1. The second kappa shape index (κ2) is 10.9. The van der Waals surface area contributed by atoms with Crippen molar-refractivity contribution in [1.29, 1.82) is 0 Å². The first-order valence-electron chi connectivity index (χ1n) is 14.0. The molecule has 0 aliphatic heterocycles. The lowest BCUT2D eigenvalue weighted by Gasteiger charge is -2.05. The molecule has 0 N–H and O–H groups in total. The number of fused-ring (bicyclic) bond motifs is 7. The molecule has 0 unspecified atom stereocenters. The molecule has 0 saturated heterocycles. The van der Waals surface area contributed by atoms with Crippen molar-refractivity contribution >= 4 is 73.8 Å². The average molecular weight is 509 g/mol. The monoisotopic (exact) mass is 508 g/mol. The summed E-state index contributed by atoms with van der Waals surface area (Å²) in [6.45, 7) is 2.30. The van der Waals surface area contributed by atoms with E-state index < -0.39 is 0 Å². The lowest BCUT2D eigenvalue weighted by molar-refractivity contribution is 0.556. The van der Waals surface area contributed by atoms with Gasteiger partial charge in [-0.05, 0) is 64.2 Å². The minimum atomic E-state index is 1.21. The summed E-state index contributed by atoms with van der Waals surface area (Å²) < 4.78 is 5.74. The summed E-state index contributed by atoms with van der Waals surface area (Å²) >= 11 is 3.93. The van der Waals surface area contributed by atoms with E-state index in [9.17, 15) is 0 Å². The van der Waals surface area contributed by atoms with Gasteiger partial charge in [-0.15, -0.1) is 22.7 Å². The normalized spacial score (nSPS) is 12.1. The minimum absolute atomic E-state index is 1.21. The topological polar surface area (TPSA) is 0 Å². The quantitative estimate of drug-likeness (QED) is 0.153. The lowest BCUT2D eigenvalue weighted by Crippen LogP contribution is -1.87. The van der Waals surface area contributed by atoms with Crippen LogP contribution in [0.5, 0.6) is 0 Å². The number of aryl methyl sites for hydroxylation is 1. The van der Waals surface area contributed by atoms with Gasteiger partial charge in [-0.1, -0.05) is 107 Å². The highest BCUT2D eigenvalue weighted by Crippen LogP contribution is 2.46. The van der Waals surface area contributed by atoms with Gasteiger partial charge in [0.05, 0.1) is 9.40 Å². The molecule has 0 aliphatic carbocycles. The Bertz CT molecular complexity index is 1630. The van der Waals surface area contributed by atoms with Gasteiger partial charge in [0, 0.05) is 20.2 Å². The zero-order chi connectivity index (χ0) is 24.3. The highest BCUT2D eigenvalue weighted by Gasteiger charge is 2.14. The van der Waals surface area contributed by atoms with Crippen LogP contribution in [-0.4, -0.2) is 0 Å². The maximum Gasteiger partial charge on any atom is 0.0542 e. The van der Waals surface area contributed by atoms with Crippen LogP contribution in [0.1, 0.15) is 76.7 Å². The maximum atomic E-state index is 2.46. The average Bonchev–Trinajstić information content (AvgIpc) is 3.42. The van der Waals surface area contributed by atoms with Gasteiger partial charge in [0.1, 0.15) is 0 Å². The van der Waals surface area contributed by atoms with Gasteiger partial charge in [-0.2, -0.15) is 0 Å². The van der Waals surface area contributed by atoms with Crippen LogP contribution in [0.4, 0.5) is 0 Å². The van der Waals surface area contributed by atoms with Crippen LogP contribution in [0.15, 0.2) is 66.7 Å². The lowest BCUT2D eigenvalue weighted by atomic mass is 10.0. The second-order valence-electron chi connectivity index (χ2n) is 10.5. The molecule has 0 spiro atoms. The molecule has 6 aromatic rings. The second-order valence-corrected chi connectivity index (χ2v) is 12.6. The number of thiophene rings is 2. The molecule has 0 radical (unpaired) electrons. The molecule has 0 bridgehead atoms. The molecule has 0 aliphatic rings. The molecule has 0 nitrogen and oxygen atoms in total. The van der Waals surface area contributed by atoms with Crippen LogP contribution >= 0.6 is 22.7 Å². The van der Waals surface area contributed by atoms with Gasteiger partial charge < -0.3 is 0 Å². The Morgan fingerprint density at radius 1 is 0.500 bits per heavy atom. The Morgan fingerprint density at radius 3 is 1.67 bits per heavy atom. The molecule has 0 saturated carbocycles. The van der Waals surface area contributed by atoms with Crippen molar-refractivity contribution in [2.75, 3.05) is 0 Å². The summed E-state index contributed by atoms with van der Waals surface area (Å²) in [5, 5.41) is 8.30. The van der Waals surface area contributed by atoms with E-state index in [1.165, 1.54) is 127 Å². The Kier molecular flexibility index (Phi) is 7.26. The van der Waals surface area contributed by atoms with E-state index >= 15 is 0 Å². The van der Waals surface area contributed by atoms with E-state index in [-0.39, 0.29) is 0 Å². The molecule has 2 heteroatoms. The van der Waals surface area contributed by atoms with Crippen molar-refractivity contribution in [3.8, 4) is 0 Å². The zero-order valence-electron chi connectivity index (χ0n) is 21.4. The Morgan fingerprint density at radius 2 is 1.03 bits per heavy atom. The highest BCUT2D eigenvalue weighted by atomic mass is 32.1. The summed E-state index contributed by atoms with van der Waals surface area (Å²) in [5.74, 6) is 0. The highest BCUT2D eigenvalue weighted by molar-refractivity contribution is 7.36. The van der Waals surface area contributed by atoms with Crippen molar-refractivity contribution in [1.82, 2.24) is 0 Å². The van der Waals surface area contributed by atoms with E-state index in [2.05, 4.69) is 73.7 Å². The summed E-state index contributed by atoms with van der Waals surface area (Å²) in [7, 11) is 0. The SMILES string of the molecule is CCCCCCCCCCCCc1ccc2cc3sc4c5cc6ccccc6cc5sc4c3cc2c1. The fourth-order valence-electron chi connectivity index (χ4n) is 5.71. The van der Waals surface area contributed by atoms with Crippen molar-refractivity contribution in [3.63, 3.8) is 0 Å². The van der Waals surface area contributed by atoms with Gasteiger partial charge in [0.25, 0.3) is 0 Å². The summed E-state index contributed by atoms with van der Waals surface area (Å²) in [6.07, 6.45) is 15.2. The third-order valence-corrected chi connectivity index (χ3v) is 10.3. The predicted octanol–water partition coefficient (Wildman–Crippen LogP) is 12.0. The molecule has 2 aromatic heterocycles. The van der Waals surface area contributed by atoms with E-state index in [0.717, 1.165) is 0 Å². The van der Waals surface area contributed by atoms with E-state index in [1.807, 2.05) is 22.7 Å². The van der Waals surface area contributed by atoms with Gasteiger partial charge >= 0.3 is 0 Å². The number of unbranched alkanes of at least 4 members (excludes halogenated alkanes) is 9. The Labute approximate surface area is 222 Å². The van der Waals surface area contributed by atoms with Crippen molar-refractivity contribution in [3.05, 3.63) is 72.3 Å². The van der Waals surface area contributed by atoms with E-state index in [1.54, 1.807) is 0 Å². The minimum Gasteiger partial charge on any atom is -0.134 e. The third kappa shape index (κ3) is 4.91. The summed E-state index contributed by atoms with van der Waals surface area (Å²) in [6, 6.07) is 25.5. The van der Waals surface area contributed by atoms with E-state index in [0.29, 0.717) is 0 Å². The van der Waals surface area contributed by atoms with Crippen LogP contribution in [-0.2, 0) is 6.42 Å². The van der Waals surface area contributed by atoms with Gasteiger partial charge in [-0.25, -0.2) is 0 Å². The Hall–Kier alpha value is -2.42. The fraction of sp³-hybridized carbons (Fsp3) is 0.353. The standard InChI is InChI=1S/C34H36S2/c1-2-3-4-5-6-7-8-9-10-11-14-24-17-18-27-23-32-30(21-28(27)19-24)34-33(36-32)29-20-25-15-12-13-16-26(25)22-31(29)35-34/h12-13,15-23H,2-11,14H2,1H3. The van der Waals surface area contributed by atoms with Gasteiger partial charge in [0.15, 0.2) is 0 Å². The molecular formula is C34H36S2. The van der Waals surface area contributed by atoms with Crippen LogP contribution in [0.3, 0.4) is 0 Å². The first kappa shape index (κ1) is 23.9. The molecule has 36 heavy (non-hydrogen) atoms. The van der Waals surface area contributed by atoms with Crippen molar-refractivity contribution in [2.24, 2.45) is 0 Å².